The first-order valence-electron chi connectivity index (χ1n) is 11.7. The van der Waals surface area contributed by atoms with E-state index in [4.69, 9.17) is 9.72 Å². The summed E-state index contributed by atoms with van der Waals surface area (Å²) in [6.45, 7) is 7.44. The highest BCUT2D eigenvalue weighted by Gasteiger charge is 2.24. The van der Waals surface area contributed by atoms with Crippen molar-refractivity contribution in [3.05, 3.63) is 55.9 Å². The molecule has 0 spiro atoms. The first-order chi connectivity index (χ1) is 16.0. The van der Waals surface area contributed by atoms with Crippen LogP contribution in [0.5, 0.6) is 5.75 Å². The van der Waals surface area contributed by atoms with Crippen LogP contribution in [0, 0.1) is 13.8 Å². The molecule has 0 atom stereocenters. The number of nitrogens with one attached hydrogen (secondary N) is 1. The lowest BCUT2D eigenvalue weighted by molar-refractivity contribution is -0.135. The second kappa shape index (κ2) is 9.27. The van der Waals surface area contributed by atoms with Gasteiger partial charge in [0.25, 0.3) is 11.5 Å². The quantitative estimate of drug-likeness (QED) is 0.625. The summed E-state index contributed by atoms with van der Waals surface area (Å²) >= 11 is 1.68. The summed E-state index contributed by atoms with van der Waals surface area (Å²) in [5.74, 6) is 1.49. The molecule has 1 N–H and O–H groups in total. The van der Waals surface area contributed by atoms with Crippen LogP contribution in [0.15, 0.2) is 23.0 Å². The highest BCUT2D eigenvalue weighted by atomic mass is 32.1. The van der Waals surface area contributed by atoms with Crippen LogP contribution in [-0.4, -0.2) is 58.5 Å². The molecule has 1 amide bonds. The number of thiophene rings is 1. The Hall–Kier alpha value is -2.71. The number of carbonyl (C=O) groups is 1. The molecule has 3 heterocycles. The lowest BCUT2D eigenvalue weighted by Crippen LogP contribution is -2.49. The van der Waals surface area contributed by atoms with E-state index in [-0.39, 0.29) is 18.1 Å². The minimum absolute atomic E-state index is 0.00711. The molecule has 0 bridgehead atoms. The Kier molecular flexibility index (Phi) is 6.21. The van der Waals surface area contributed by atoms with Crippen LogP contribution >= 0.6 is 11.3 Å². The summed E-state index contributed by atoms with van der Waals surface area (Å²) in [7, 11) is 0. The molecule has 1 aromatic carbocycles. The third kappa shape index (κ3) is 4.68. The number of aromatic nitrogens is 2. The molecule has 1 saturated heterocycles. The molecular weight excluding hydrogens is 436 g/mol. The third-order valence-electron chi connectivity index (χ3n) is 6.67. The van der Waals surface area contributed by atoms with Gasteiger partial charge in [-0.3, -0.25) is 14.5 Å². The molecule has 1 aliphatic carbocycles. The van der Waals surface area contributed by atoms with Crippen LogP contribution in [0.3, 0.4) is 0 Å². The zero-order chi connectivity index (χ0) is 22.9. The number of ether oxygens (including phenoxy) is 1. The number of piperazine rings is 1. The fourth-order valence-corrected chi connectivity index (χ4v) is 6.03. The molecule has 0 saturated carbocycles. The molecule has 5 rings (SSSR count). The molecule has 0 unspecified atom stereocenters. The molecule has 3 aromatic rings. The lowest BCUT2D eigenvalue weighted by Gasteiger charge is -2.34. The lowest BCUT2D eigenvalue weighted by atomic mass is 9.97. The Morgan fingerprint density at radius 2 is 1.94 bits per heavy atom. The van der Waals surface area contributed by atoms with Gasteiger partial charge in [-0.25, -0.2) is 4.98 Å². The summed E-state index contributed by atoms with van der Waals surface area (Å²) in [6, 6.07) is 6.01. The minimum Gasteiger partial charge on any atom is -0.483 e. The highest BCUT2D eigenvalue weighted by Crippen LogP contribution is 2.33. The predicted octanol–water partition coefficient (Wildman–Crippen LogP) is 3.20. The van der Waals surface area contributed by atoms with Gasteiger partial charge in [0.1, 0.15) is 16.4 Å². The van der Waals surface area contributed by atoms with Gasteiger partial charge in [-0.05, 0) is 62.3 Å². The molecule has 2 aliphatic rings. The number of aryl methyl sites for hydroxylation is 4. The fraction of sp³-hybridized carbons (Fsp3) is 0.480. The van der Waals surface area contributed by atoms with Crippen LogP contribution in [0.4, 0.5) is 0 Å². The maximum atomic E-state index is 12.8. The SMILES string of the molecule is Cc1ccc(C)c(OCC(=O)N2CCN(Cc3nc4sc5c(c4c(=O)[nH]3)CCCC5)CC2)c1. The number of hydrogen-bond acceptors (Lipinski definition) is 6. The van der Waals surface area contributed by atoms with E-state index in [1.54, 1.807) is 11.3 Å². The van der Waals surface area contributed by atoms with Crippen molar-refractivity contribution in [1.82, 2.24) is 19.8 Å². The average Bonchev–Trinajstić information content (AvgIpc) is 3.19. The largest absolute Gasteiger partial charge is 0.483 e. The van der Waals surface area contributed by atoms with Crippen molar-refractivity contribution in [2.24, 2.45) is 0 Å². The van der Waals surface area contributed by atoms with E-state index >= 15 is 0 Å². The van der Waals surface area contributed by atoms with E-state index in [1.165, 1.54) is 16.9 Å². The van der Waals surface area contributed by atoms with E-state index in [1.807, 2.05) is 36.9 Å². The van der Waals surface area contributed by atoms with Crippen molar-refractivity contribution in [2.75, 3.05) is 32.8 Å². The van der Waals surface area contributed by atoms with Gasteiger partial charge < -0.3 is 14.6 Å². The van der Waals surface area contributed by atoms with Crippen molar-refractivity contribution in [3.8, 4) is 5.75 Å². The Labute approximate surface area is 197 Å². The number of H-pyrrole nitrogens is 1. The predicted molar refractivity (Wildman–Crippen MR) is 130 cm³/mol. The highest BCUT2D eigenvalue weighted by molar-refractivity contribution is 7.18. The standard InChI is InChI=1S/C25H30N4O3S/c1-16-7-8-17(2)19(13-16)32-15-22(30)29-11-9-28(10-12-29)14-21-26-24(31)23-18-5-3-4-6-20(18)33-25(23)27-21/h7-8,13H,3-6,9-12,14-15H2,1-2H3,(H,26,27,31). The van der Waals surface area contributed by atoms with E-state index in [9.17, 15) is 9.59 Å². The number of fused-ring (bicyclic) bond motifs is 3. The van der Waals surface area contributed by atoms with Crippen LogP contribution < -0.4 is 10.3 Å². The number of benzene rings is 1. The molecular formula is C25H30N4O3S. The topological polar surface area (TPSA) is 78.5 Å². The number of amides is 1. The number of rotatable bonds is 5. The monoisotopic (exact) mass is 466 g/mol. The minimum atomic E-state index is -0.00759. The first-order valence-corrected chi connectivity index (χ1v) is 12.5. The number of nitrogens with zero attached hydrogens (tertiary/aromatic N) is 3. The first kappa shape index (κ1) is 22.1. The van der Waals surface area contributed by atoms with E-state index in [0.717, 1.165) is 59.4 Å². The molecule has 2 aromatic heterocycles. The fourth-order valence-electron chi connectivity index (χ4n) is 4.74. The smallest absolute Gasteiger partial charge is 0.260 e. The van der Waals surface area contributed by atoms with Crippen molar-refractivity contribution in [1.29, 1.82) is 0 Å². The van der Waals surface area contributed by atoms with Crippen LogP contribution in [0.1, 0.15) is 40.2 Å². The Morgan fingerprint density at radius 3 is 2.76 bits per heavy atom. The van der Waals surface area contributed by atoms with E-state index < -0.39 is 0 Å². The molecule has 1 aliphatic heterocycles. The second-order valence-corrected chi connectivity index (χ2v) is 10.2. The van der Waals surface area contributed by atoms with Gasteiger partial charge in [-0.1, -0.05) is 12.1 Å². The summed E-state index contributed by atoms with van der Waals surface area (Å²) in [6.07, 6.45) is 4.40. The van der Waals surface area contributed by atoms with E-state index in [2.05, 4.69) is 9.88 Å². The maximum Gasteiger partial charge on any atom is 0.260 e. The summed E-state index contributed by atoms with van der Waals surface area (Å²) in [4.78, 5) is 39.5. The van der Waals surface area contributed by atoms with Crippen LogP contribution in [0.25, 0.3) is 10.2 Å². The molecule has 1 fully saturated rings. The van der Waals surface area contributed by atoms with Crippen LogP contribution in [0.2, 0.25) is 0 Å². The van der Waals surface area contributed by atoms with E-state index in [0.29, 0.717) is 25.5 Å². The Bertz CT molecular complexity index is 1240. The molecule has 8 heteroatoms. The van der Waals surface area contributed by atoms with Gasteiger partial charge in [0.2, 0.25) is 0 Å². The van der Waals surface area contributed by atoms with Crippen molar-refractivity contribution < 1.29 is 9.53 Å². The molecule has 7 nitrogen and oxygen atoms in total. The number of hydrogen-bond donors (Lipinski definition) is 1. The number of carbonyl (C=O) groups excluding carboxylic acids is 1. The molecule has 0 radical (unpaired) electrons. The summed E-state index contributed by atoms with van der Waals surface area (Å²) in [5.41, 5.74) is 3.36. The maximum absolute atomic E-state index is 12.8. The zero-order valence-electron chi connectivity index (χ0n) is 19.3. The van der Waals surface area contributed by atoms with Crippen molar-refractivity contribution >= 4 is 27.5 Å². The zero-order valence-corrected chi connectivity index (χ0v) is 20.1. The number of aromatic amines is 1. The third-order valence-corrected chi connectivity index (χ3v) is 7.85. The van der Waals surface area contributed by atoms with Crippen molar-refractivity contribution in [2.45, 2.75) is 46.1 Å². The molecule has 33 heavy (non-hydrogen) atoms. The van der Waals surface area contributed by atoms with Gasteiger partial charge >= 0.3 is 0 Å². The van der Waals surface area contributed by atoms with Gasteiger partial charge in [0, 0.05) is 31.1 Å². The van der Waals surface area contributed by atoms with Gasteiger partial charge in [0.15, 0.2) is 6.61 Å². The average molecular weight is 467 g/mol. The molecule has 174 valence electrons. The summed E-state index contributed by atoms with van der Waals surface area (Å²) < 4.78 is 5.79. The summed E-state index contributed by atoms with van der Waals surface area (Å²) in [5, 5.41) is 0.803. The Morgan fingerprint density at radius 1 is 1.15 bits per heavy atom. The van der Waals surface area contributed by atoms with Gasteiger partial charge in [-0.2, -0.15) is 0 Å². The van der Waals surface area contributed by atoms with Gasteiger partial charge in [0.05, 0.1) is 11.9 Å². The second-order valence-electron chi connectivity index (χ2n) is 9.12. The Balaban J connectivity index is 1.17. The van der Waals surface area contributed by atoms with Crippen molar-refractivity contribution in [3.63, 3.8) is 0 Å². The van der Waals surface area contributed by atoms with Gasteiger partial charge in [-0.15, -0.1) is 11.3 Å². The van der Waals surface area contributed by atoms with Crippen LogP contribution in [-0.2, 0) is 24.2 Å². The normalized spacial score (nSPS) is 16.7.